The molecule has 0 bridgehead atoms. The fraction of sp³-hybridized carbons (Fsp3) is 0.364. The van der Waals surface area contributed by atoms with Gasteiger partial charge in [0.25, 0.3) is 0 Å². The first-order chi connectivity index (χ1) is 7.40. The molecule has 4 nitrogen and oxygen atoms in total. The summed E-state index contributed by atoms with van der Waals surface area (Å²) in [6, 6.07) is 5.83. The minimum atomic E-state index is 0.253. The number of benzene rings is 1. The molecule has 15 heavy (non-hydrogen) atoms. The molecule has 0 radical (unpaired) electrons. The van der Waals surface area contributed by atoms with Gasteiger partial charge in [-0.25, -0.2) is 4.98 Å². The number of anilines is 1. The van der Waals surface area contributed by atoms with E-state index in [1.165, 1.54) is 6.39 Å². The van der Waals surface area contributed by atoms with E-state index >= 15 is 0 Å². The molecule has 0 aliphatic carbocycles. The number of hydrogen-bond donors (Lipinski definition) is 2. The quantitative estimate of drug-likeness (QED) is 0.735. The standard InChI is InChI=1S/C11H14N2O2/c14-6-2-1-5-12-9-3-4-10-11(7-9)15-8-13-10/h3-4,7-8,12,14H,1-2,5-6H2. The first-order valence-corrected chi connectivity index (χ1v) is 5.08. The van der Waals surface area contributed by atoms with Crippen LogP contribution >= 0.6 is 0 Å². The SMILES string of the molecule is OCCCCNc1ccc2ncoc2c1. The summed E-state index contributed by atoms with van der Waals surface area (Å²) in [4.78, 5) is 4.04. The highest BCUT2D eigenvalue weighted by Gasteiger charge is 1.99. The molecule has 0 saturated carbocycles. The summed E-state index contributed by atoms with van der Waals surface area (Å²) in [5.41, 5.74) is 2.69. The number of oxazole rings is 1. The Morgan fingerprint density at radius 2 is 2.27 bits per heavy atom. The molecule has 0 amide bonds. The van der Waals surface area contributed by atoms with Crippen LogP contribution in [0, 0.1) is 0 Å². The average Bonchev–Trinajstić information content (AvgIpc) is 2.71. The minimum Gasteiger partial charge on any atom is -0.443 e. The Bertz CT molecular complexity index is 425. The molecule has 0 spiro atoms. The molecule has 0 fully saturated rings. The van der Waals surface area contributed by atoms with Gasteiger partial charge in [0, 0.05) is 24.9 Å². The van der Waals surface area contributed by atoms with E-state index in [1.807, 2.05) is 18.2 Å². The fourth-order valence-corrected chi connectivity index (χ4v) is 1.43. The number of hydrogen-bond acceptors (Lipinski definition) is 4. The summed E-state index contributed by atoms with van der Waals surface area (Å²) in [7, 11) is 0. The highest BCUT2D eigenvalue weighted by molar-refractivity contribution is 5.76. The predicted molar refractivity (Wildman–Crippen MR) is 58.8 cm³/mol. The lowest BCUT2D eigenvalue weighted by Crippen LogP contribution is -2.01. The number of unbranched alkanes of at least 4 members (excludes halogenated alkanes) is 1. The maximum atomic E-state index is 8.63. The van der Waals surface area contributed by atoms with E-state index in [2.05, 4.69) is 10.3 Å². The van der Waals surface area contributed by atoms with Crippen LogP contribution in [-0.4, -0.2) is 23.2 Å². The zero-order valence-corrected chi connectivity index (χ0v) is 8.44. The zero-order chi connectivity index (χ0) is 10.5. The maximum absolute atomic E-state index is 8.63. The van der Waals surface area contributed by atoms with Crippen LogP contribution in [0.25, 0.3) is 11.1 Å². The van der Waals surface area contributed by atoms with Crippen LogP contribution in [0.15, 0.2) is 29.0 Å². The minimum absolute atomic E-state index is 0.253. The third-order valence-electron chi connectivity index (χ3n) is 2.25. The number of fused-ring (bicyclic) bond motifs is 1. The van der Waals surface area contributed by atoms with Crippen molar-refractivity contribution in [1.82, 2.24) is 4.98 Å². The molecule has 2 N–H and O–H groups in total. The van der Waals surface area contributed by atoms with E-state index in [1.54, 1.807) is 0 Å². The second-order valence-corrected chi connectivity index (χ2v) is 3.39. The molecule has 1 aromatic heterocycles. The lowest BCUT2D eigenvalue weighted by Gasteiger charge is -2.04. The largest absolute Gasteiger partial charge is 0.443 e. The van der Waals surface area contributed by atoms with Crippen molar-refractivity contribution in [1.29, 1.82) is 0 Å². The summed E-state index contributed by atoms with van der Waals surface area (Å²) < 4.78 is 5.19. The lowest BCUT2D eigenvalue weighted by atomic mass is 10.2. The summed E-state index contributed by atoms with van der Waals surface area (Å²) in [5.74, 6) is 0. The van der Waals surface area contributed by atoms with E-state index in [-0.39, 0.29) is 6.61 Å². The molecule has 2 aromatic rings. The molecule has 0 saturated heterocycles. The third kappa shape index (κ3) is 2.47. The third-order valence-corrected chi connectivity index (χ3v) is 2.25. The van der Waals surface area contributed by atoms with Crippen LogP contribution in [0.5, 0.6) is 0 Å². The number of nitrogens with zero attached hydrogens (tertiary/aromatic N) is 1. The Labute approximate surface area is 87.9 Å². The predicted octanol–water partition coefficient (Wildman–Crippen LogP) is 2.01. The van der Waals surface area contributed by atoms with Gasteiger partial charge in [0.15, 0.2) is 12.0 Å². The van der Waals surface area contributed by atoms with Gasteiger partial charge < -0.3 is 14.8 Å². The maximum Gasteiger partial charge on any atom is 0.181 e. The van der Waals surface area contributed by atoms with Gasteiger partial charge in [0.1, 0.15) is 5.52 Å². The molecule has 1 aromatic carbocycles. The van der Waals surface area contributed by atoms with Crippen molar-refractivity contribution < 1.29 is 9.52 Å². The van der Waals surface area contributed by atoms with E-state index in [9.17, 15) is 0 Å². The zero-order valence-electron chi connectivity index (χ0n) is 8.44. The second kappa shape index (κ2) is 4.79. The normalized spacial score (nSPS) is 10.7. The van der Waals surface area contributed by atoms with Gasteiger partial charge in [-0.2, -0.15) is 0 Å². The van der Waals surface area contributed by atoms with E-state index in [0.29, 0.717) is 0 Å². The Morgan fingerprint density at radius 1 is 1.33 bits per heavy atom. The number of nitrogens with one attached hydrogen (secondary N) is 1. The molecule has 0 aliphatic rings. The van der Waals surface area contributed by atoms with Crippen LogP contribution < -0.4 is 5.32 Å². The van der Waals surface area contributed by atoms with E-state index in [0.717, 1.165) is 36.2 Å². The van der Waals surface area contributed by atoms with Crippen molar-refractivity contribution in [3.63, 3.8) is 0 Å². The van der Waals surface area contributed by atoms with Crippen molar-refractivity contribution in [2.45, 2.75) is 12.8 Å². The number of aliphatic hydroxyl groups excluding tert-OH is 1. The Balaban J connectivity index is 1.96. The first-order valence-electron chi connectivity index (χ1n) is 5.08. The smallest absolute Gasteiger partial charge is 0.181 e. The second-order valence-electron chi connectivity index (χ2n) is 3.39. The van der Waals surface area contributed by atoms with Gasteiger partial charge in [-0.05, 0) is 25.0 Å². The molecule has 0 unspecified atom stereocenters. The van der Waals surface area contributed by atoms with Crippen molar-refractivity contribution in [2.24, 2.45) is 0 Å². The van der Waals surface area contributed by atoms with Crippen molar-refractivity contribution in [3.05, 3.63) is 24.6 Å². The van der Waals surface area contributed by atoms with Crippen molar-refractivity contribution in [3.8, 4) is 0 Å². The first kappa shape index (κ1) is 9.98. The highest BCUT2D eigenvalue weighted by Crippen LogP contribution is 2.17. The topological polar surface area (TPSA) is 58.3 Å². The fourth-order valence-electron chi connectivity index (χ4n) is 1.43. The molecule has 4 heteroatoms. The number of rotatable bonds is 5. The van der Waals surface area contributed by atoms with Crippen LogP contribution in [0.2, 0.25) is 0 Å². The summed E-state index contributed by atoms with van der Waals surface area (Å²) in [6.45, 7) is 1.11. The Morgan fingerprint density at radius 3 is 3.13 bits per heavy atom. The monoisotopic (exact) mass is 206 g/mol. The molecular weight excluding hydrogens is 192 g/mol. The van der Waals surface area contributed by atoms with Gasteiger partial charge in [0.05, 0.1) is 0 Å². The molecule has 2 rings (SSSR count). The molecule has 1 heterocycles. The molecule has 80 valence electrons. The molecular formula is C11H14N2O2. The van der Waals surface area contributed by atoms with Gasteiger partial charge in [-0.1, -0.05) is 0 Å². The van der Waals surface area contributed by atoms with Crippen molar-refractivity contribution >= 4 is 16.8 Å². The van der Waals surface area contributed by atoms with Crippen molar-refractivity contribution in [2.75, 3.05) is 18.5 Å². The lowest BCUT2D eigenvalue weighted by molar-refractivity contribution is 0.286. The molecule has 0 atom stereocenters. The van der Waals surface area contributed by atoms with E-state index in [4.69, 9.17) is 9.52 Å². The van der Waals surface area contributed by atoms with Gasteiger partial charge in [-0.15, -0.1) is 0 Å². The summed E-state index contributed by atoms with van der Waals surface area (Å²) >= 11 is 0. The van der Waals surface area contributed by atoms with Crippen LogP contribution in [0.1, 0.15) is 12.8 Å². The van der Waals surface area contributed by atoms with Gasteiger partial charge in [-0.3, -0.25) is 0 Å². The van der Waals surface area contributed by atoms with Gasteiger partial charge >= 0.3 is 0 Å². The Hall–Kier alpha value is -1.55. The van der Waals surface area contributed by atoms with Crippen LogP contribution in [0.3, 0.4) is 0 Å². The number of aromatic nitrogens is 1. The van der Waals surface area contributed by atoms with Crippen LogP contribution in [0.4, 0.5) is 5.69 Å². The van der Waals surface area contributed by atoms with Crippen LogP contribution in [-0.2, 0) is 0 Å². The van der Waals surface area contributed by atoms with E-state index < -0.39 is 0 Å². The summed E-state index contributed by atoms with van der Waals surface area (Å²) in [6.07, 6.45) is 3.24. The number of aliphatic hydroxyl groups is 1. The summed E-state index contributed by atoms with van der Waals surface area (Å²) in [5, 5.41) is 11.9. The average molecular weight is 206 g/mol. The van der Waals surface area contributed by atoms with Gasteiger partial charge in [0.2, 0.25) is 0 Å². The Kier molecular flexibility index (Phi) is 3.19. The highest BCUT2D eigenvalue weighted by atomic mass is 16.3. The molecule has 0 aliphatic heterocycles.